The summed E-state index contributed by atoms with van der Waals surface area (Å²) in [4.78, 5) is 14.8. The summed E-state index contributed by atoms with van der Waals surface area (Å²) >= 11 is 6.20. The van der Waals surface area contributed by atoms with Crippen LogP contribution in [0.2, 0.25) is 5.02 Å². The van der Waals surface area contributed by atoms with Crippen molar-refractivity contribution in [2.24, 2.45) is 0 Å². The van der Waals surface area contributed by atoms with E-state index in [1.165, 1.54) is 17.0 Å². The fourth-order valence-electron chi connectivity index (χ4n) is 3.66. The number of carbonyl (C=O) groups is 1. The Kier molecular flexibility index (Phi) is 6.72. The molecular formula is C22H25ClFNO4S. The average molecular weight is 454 g/mol. The lowest BCUT2D eigenvalue weighted by molar-refractivity contribution is -0.140. The summed E-state index contributed by atoms with van der Waals surface area (Å²) in [5, 5.41) is 0.649. The molecule has 30 heavy (non-hydrogen) atoms. The van der Waals surface area contributed by atoms with Crippen LogP contribution in [0.1, 0.15) is 30.0 Å². The quantitative estimate of drug-likeness (QED) is 0.661. The molecule has 1 heterocycles. The predicted molar refractivity (Wildman–Crippen MR) is 115 cm³/mol. The van der Waals surface area contributed by atoms with Gasteiger partial charge in [0.1, 0.15) is 11.6 Å². The molecule has 0 aromatic heterocycles. The van der Waals surface area contributed by atoms with Crippen molar-refractivity contribution in [3.05, 3.63) is 63.9 Å². The largest absolute Gasteiger partial charge is 0.481 e. The van der Waals surface area contributed by atoms with Gasteiger partial charge in [-0.2, -0.15) is 0 Å². The van der Waals surface area contributed by atoms with Crippen molar-refractivity contribution in [3.63, 3.8) is 0 Å². The molecule has 0 bridgehead atoms. The SMILES string of the molecule is Cc1cc(O[C@@H](C)C(=O)N(Cc2ccc(F)cc2)[C@H]2CCS(=O)(=O)C2)cc(C)c1Cl. The van der Waals surface area contributed by atoms with Gasteiger partial charge in [-0.1, -0.05) is 23.7 Å². The van der Waals surface area contributed by atoms with E-state index in [0.29, 0.717) is 17.2 Å². The van der Waals surface area contributed by atoms with Gasteiger partial charge < -0.3 is 9.64 Å². The zero-order valence-corrected chi connectivity index (χ0v) is 18.8. The van der Waals surface area contributed by atoms with Crippen LogP contribution >= 0.6 is 11.6 Å². The number of amides is 1. The first-order valence-corrected chi connectivity index (χ1v) is 11.9. The fraction of sp³-hybridized carbons (Fsp3) is 0.409. The van der Waals surface area contributed by atoms with Crippen molar-refractivity contribution >= 4 is 27.3 Å². The summed E-state index contributed by atoms with van der Waals surface area (Å²) in [5.74, 6) is -0.186. The van der Waals surface area contributed by atoms with Crippen molar-refractivity contribution in [3.8, 4) is 5.75 Å². The van der Waals surface area contributed by atoms with Crippen molar-refractivity contribution in [2.45, 2.75) is 45.9 Å². The molecule has 0 radical (unpaired) electrons. The molecule has 0 aliphatic carbocycles. The summed E-state index contributed by atoms with van der Waals surface area (Å²) in [7, 11) is -3.18. The number of sulfone groups is 1. The summed E-state index contributed by atoms with van der Waals surface area (Å²) in [6.07, 6.45) is -0.449. The van der Waals surface area contributed by atoms with Gasteiger partial charge in [-0.25, -0.2) is 12.8 Å². The van der Waals surface area contributed by atoms with Gasteiger partial charge in [0.25, 0.3) is 5.91 Å². The molecule has 162 valence electrons. The number of halogens is 2. The normalized spacial score (nSPS) is 18.8. The first-order valence-electron chi connectivity index (χ1n) is 9.74. The standard InChI is InChI=1S/C22H25ClFNO4S/c1-14-10-20(11-15(2)21(14)23)29-16(3)22(26)25(19-8-9-30(27,28)13-19)12-17-4-6-18(24)7-5-17/h4-7,10-11,16,19H,8-9,12-13H2,1-3H3/t16-,19-/m0/s1. The molecule has 0 spiro atoms. The average Bonchev–Trinajstić information content (AvgIpc) is 3.04. The monoisotopic (exact) mass is 453 g/mol. The maximum Gasteiger partial charge on any atom is 0.263 e. The lowest BCUT2D eigenvalue weighted by Gasteiger charge is -2.31. The molecular weight excluding hydrogens is 429 g/mol. The number of rotatable bonds is 6. The highest BCUT2D eigenvalue weighted by Crippen LogP contribution is 2.27. The molecule has 3 rings (SSSR count). The number of ether oxygens (including phenoxy) is 1. The van der Waals surface area contributed by atoms with Gasteiger partial charge in [0, 0.05) is 17.6 Å². The van der Waals surface area contributed by atoms with Gasteiger partial charge in [-0.3, -0.25) is 4.79 Å². The Hall–Kier alpha value is -2.12. The first-order chi connectivity index (χ1) is 14.1. The van der Waals surface area contributed by atoms with E-state index < -0.39 is 22.0 Å². The third-order valence-corrected chi connectivity index (χ3v) is 7.62. The van der Waals surface area contributed by atoms with Crippen LogP contribution in [-0.2, 0) is 21.2 Å². The highest BCUT2D eigenvalue weighted by atomic mass is 35.5. The minimum absolute atomic E-state index is 0.0513. The summed E-state index contributed by atoms with van der Waals surface area (Å²) in [6.45, 7) is 5.55. The summed E-state index contributed by atoms with van der Waals surface area (Å²) in [5.41, 5.74) is 2.41. The van der Waals surface area contributed by atoms with E-state index in [0.717, 1.165) is 16.7 Å². The second-order valence-corrected chi connectivity index (χ2v) is 10.4. The molecule has 2 atom stereocenters. The third kappa shape index (κ3) is 5.32. The highest BCUT2D eigenvalue weighted by molar-refractivity contribution is 7.91. The van der Waals surface area contributed by atoms with E-state index in [-0.39, 0.29) is 29.8 Å². The number of hydrogen-bond acceptors (Lipinski definition) is 4. The zero-order chi connectivity index (χ0) is 22.1. The van der Waals surface area contributed by atoms with E-state index in [4.69, 9.17) is 16.3 Å². The Labute approximate surface area is 181 Å². The smallest absolute Gasteiger partial charge is 0.263 e. The van der Waals surface area contributed by atoms with Gasteiger partial charge in [0.05, 0.1) is 11.5 Å². The predicted octanol–water partition coefficient (Wildman–Crippen LogP) is 4.08. The zero-order valence-electron chi connectivity index (χ0n) is 17.2. The Bertz CT molecular complexity index is 1020. The van der Waals surface area contributed by atoms with Crippen LogP contribution in [0.4, 0.5) is 4.39 Å². The molecule has 8 heteroatoms. The van der Waals surface area contributed by atoms with Gasteiger partial charge >= 0.3 is 0 Å². The fourth-order valence-corrected chi connectivity index (χ4v) is 5.50. The molecule has 0 saturated carbocycles. The van der Waals surface area contributed by atoms with E-state index in [9.17, 15) is 17.6 Å². The lowest BCUT2D eigenvalue weighted by Crippen LogP contribution is -2.46. The minimum Gasteiger partial charge on any atom is -0.481 e. The van der Waals surface area contributed by atoms with Gasteiger partial charge in [-0.05, 0) is 68.1 Å². The van der Waals surface area contributed by atoms with Crippen LogP contribution in [0.25, 0.3) is 0 Å². The maximum absolute atomic E-state index is 13.3. The van der Waals surface area contributed by atoms with Crippen molar-refractivity contribution < 1.29 is 22.3 Å². The molecule has 2 aromatic rings. The number of aryl methyl sites for hydroxylation is 2. The Balaban J connectivity index is 1.82. The number of nitrogens with zero attached hydrogens (tertiary/aromatic N) is 1. The number of benzene rings is 2. The second kappa shape index (κ2) is 8.94. The van der Waals surface area contributed by atoms with Crippen molar-refractivity contribution in [1.82, 2.24) is 4.90 Å². The van der Waals surface area contributed by atoms with Crippen molar-refractivity contribution in [1.29, 1.82) is 0 Å². The topological polar surface area (TPSA) is 63.7 Å². The summed E-state index contributed by atoms with van der Waals surface area (Å²) in [6, 6.07) is 8.93. The van der Waals surface area contributed by atoms with E-state index in [2.05, 4.69) is 0 Å². The number of hydrogen-bond donors (Lipinski definition) is 0. The van der Waals surface area contributed by atoms with E-state index >= 15 is 0 Å². The first kappa shape index (κ1) is 22.6. The van der Waals surface area contributed by atoms with Crippen LogP contribution < -0.4 is 4.74 Å². The lowest BCUT2D eigenvalue weighted by atomic mass is 10.1. The molecule has 0 N–H and O–H groups in total. The Morgan fingerprint density at radius 1 is 1.23 bits per heavy atom. The number of carbonyl (C=O) groups excluding carboxylic acids is 1. The third-order valence-electron chi connectivity index (χ3n) is 5.27. The molecule has 2 aromatic carbocycles. The molecule has 0 unspecified atom stereocenters. The minimum atomic E-state index is -3.18. The van der Waals surface area contributed by atoms with Crippen LogP contribution in [0.5, 0.6) is 5.75 Å². The van der Waals surface area contributed by atoms with Crippen LogP contribution in [0.3, 0.4) is 0 Å². The van der Waals surface area contributed by atoms with E-state index in [1.54, 1.807) is 31.2 Å². The van der Waals surface area contributed by atoms with Gasteiger partial charge in [0.15, 0.2) is 15.9 Å². The van der Waals surface area contributed by atoms with Gasteiger partial charge in [-0.15, -0.1) is 0 Å². The van der Waals surface area contributed by atoms with Crippen LogP contribution in [0.15, 0.2) is 36.4 Å². The van der Waals surface area contributed by atoms with E-state index in [1.807, 2.05) is 13.8 Å². The molecule has 1 aliphatic heterocycles. The Morgan fingerprint density at radius 3 is 2.37 bits per heavy atom. The van der Waals surface area contributed by atoms with Gasteiger partial charge in [0.2, 0.25) is 0 Å². The second-order valence-electron chi connectivity index (χ2n) is 7.78. The van der Waals surface area contributed by atoms with Crippen LogP contribution in [0, 0.1) is 19.7 Å². The molecule has 1 fully saturated rings. The molecule has 1 aliphatic rings. The summed E-state index contributed by atoms with van der Waals surface area (Å²) < 4.78 is 43.1. The molecule has 5 nitrogen and oxygen atoms in total. The van der Waals surface area contributed by atoms with Crippen LogP contribution in [-0.4, -0.2) is 42.9 Å². The maximum atomic E-state index is 13.3. The van der Waals surface area contributed by atoms with Crippen molar-refractivity contribution in [2.75, 3.05) is 11.5 Å². The Morgan fingerprint density at radius 2 is 1.83 bits per heavy atom. The highest BCUT2D eigenvalue weighted by Gasteiger charge is 2.36. The molecule has 1 amide bonds. The molecule has 1 saturated heterocycles.